The highest BCUT2D eigenvalue weighted by Crippen LogP contribution is 2.30. The first kappa shape index (κ1) is 22.8. The zero-order chi connectivity index (χ0) is 24.3. The van der Waals surface area contributed by atoms with Gasteiger partial charge in [0, 0.05) is 30.7 Å². The topological polar surface area (TPSA) is 92.7 Å². The van der Waals surface area contributed by atoms with Crippen molar-refractivity contribution in [1.29, 1.82) is 0 Å². The molecular weight excluding hydrogens is 445 g/mol. The van der Waals surface area contributed by atoms with E-state index in [9.17, 15) is 18.0 Å². The molecule has 172 valence electrons. The number of rotatable bonds is 5. The zero-order valence-electron chi connectivity index (χ0n) is 18.2. The molecular formula is C24H19F3N6O. The second kappa shape index (κ2) is 9.26. The highest BCUT2D eigenvalue weighted by molar-refractivity contribution is 6.03. The number of hydrogen-bond acceptors (Lipinski definition) is 6. The molecule has 0 spiro atoms. The Balaban J connectivity index is 1.60. The summed E-state index contributed by atoms with van der Waals surface area (Å²) in [4.78, 5) is 21.2. The van der Waals surface area contributed by atoms with Crippen molar-refractivity contribution >= 4 is 17.4 Å². The summed E-state index contributed by atoms with van der Waals surface area (Å²) in [5, 5.41) is 12.1. The highest BCUT2D eigenvalue weighted by atomic mass is 19.4. The average molecular weight is 464 g/mol. The van der Waals surface area contributed by atoms with Crippen molar-refractivity contribution in [3.05, 3.63) is 83.9 Å². The molecule has 0 unspecified atom stereocenters. The molecule has 10 heteroatoms. The van der Waals surface area contributed by atoms with Gasteiger partial charge in [-0.1, -0.05) is 6.07 Å². The number of benzene rings is 1. The number of hydrogen-bond donors (Lipinski definition) is 2. The number of amides is 1. The van der Waals surface area contributed by atoms with Crippen molar-refractivity contribution in [2.75, 3.05) is 17.7 Å². The van der Waals surface area contributed by atoms with Crippen LogP contribution in [0.25, 0.3) is 22.4 Å². The summed E-state index contributed by atoms with van der Waals surface area (Å²) >= 11 is 0. The highest BCUT2D eigenvalue weighted by Gasteiger charge is 2.33. The summed E-state index contributed by atoms with van der Waals surface area (Å²) in [5.74, 6) is 0.0554. The third kappa shape index (κ3) is 5.01. The number of aryl methyl sites for hydroxylation is 1. The molecule has 0 radical (unpaired) electrons. The van der Waals surface area contributed by atoms with Crippen molar-refractivity contribution in [2.24, 2.45) is 0 Å². The molecule has 0 atom stereocenters. The molecule has 1 aromatic carbocycles. The molecule has 0 aliphatic rings. The van der Waals surface area contributed by atoms with Crippen LogP contribution in [-0.2, 0) is 6.18 Å². The maximum atomic E-state index is 12.7. The lowest BCUT2D eigenvalue weighted by atomic mass is 9.99. The smallest absolute Gasteiger partial charge is 0.373 e. The molecule has 0 saturated carbocycles. The normalized spacial score (nSPS) is 11.2. The fourth-order valence-electron chi connectivity index (χ4n) is 3.29. The molecule has 34 heavy (non-hydrogen) atoms. The Labute approximate surface area is 193 Å². The Morgan fingerprint density at radius 1 is 0.882 bits per heavy atom. The van der Waals surface area contributed by atoms with Crippen molar-refractivity contribution in [3.63, 3.8) is 0 Å². The summed E-state index contributed by atoms with van der Waals surface area (Å²) in [5.41, 5.74) is 3.45. The summed E-state index contributed by atoms with van der Waals surface area (Å²) < 4.78 is 38.0. The Morgan fingerprint density at radius 3 is 2.35 bits per heavy atom. The molecule has 2 N–H and O–H groups in total. The first-order valence-corrected chi connectivity index (χ1v) is 10.2. The molecule has 4 rings (SSSR count). The predicted octanol–water partition coefficient (Wildman–Crippen LogP) is 5.22. The summed E-state index contributed by atoms with van der Waals surface area (Å²) in [6.45, 7) is 1.94. The largest absolute Gasteiger partial charge is 0.435 e. The third-order valence-corrected chi connectivity index (χ3v) is 5.07. The maximum absolute atomic E-state index is 12.7. The van der Waals surface area contributed by atoms with E-state index in [-0.39, 0.29) is 5.69 Å². The third-order valence-electron chi connectivity index (χ3n) is 5.07. The number of aromatic nitrogens is 4. The van der Waals surface area contributed by atoms with Gasteiger partial charge >= 0.3 is 6.18 Å². The monoisotopic (exact) mass is 464 g/mol. The summed E-state index contributed by atoms with van der Waals surface area (Å²) in [7, 11) is 1.79. The van der Waals surface area contributed by atoms with Gasteiger partial charge in [0.2, 0.25) is 0 Å². The lowest BCUT2D eigenvalue weighted by Crippen LogP contribution is -2.16. The van der Waals surface area contributed by atoms with Gasteiger partial charge in [0.05, 0.1) is 5.69 Å². The maximum Gasteiger partial charge on any atom is 0.435 e. The van der Waals surface area contributed by atoms with E-state index in [1.54, 1.807) is 31.6 Å². The van der Waals surface area contributed by atoms with Gasteiger partial charge in [-0.25, -0.2) is 4.98 Å². The van der Waals surface area contributed by atoms with Gasteiger partial charge in [-0.05, 0) is 72.1 Å². The Bertz CT molecular complexity index is 1340. The summed E-state index contributed by atoms with van der Waals surface area (Å²) in [6.07, 6.45) is -1.23. The first-order valence-electron chi connectivity index (χ1n) is 10.2. The standard InChI is InChI=1S/C24H19F3N6O/c1-14-3-4-17(31-23(34)19-5-6-21(33-32-19)24(25,26)27)13-18(14)15-7-9-29-20(11-15)16-8-10-30-22(12-16)28-2/h3-13H,1-2H3,(H,28,30)(H,31,34). The minimum atomic E-state index is -4.62. The molecule has 1 amide bonds. The first-order chi connectivity index (χ1) is 16.2. The second-order valence-electron chi connectivity index (χ2n) is 7.39. The second-order valence-corrected chi connectivity index (χ2v) is 7.39. The number of alkyl halides is 3. The number of nitrogens with zero attached hydrogens (tertiary/aromatic N) is 4. The van der Waals surface area contributed by atoms with Crippen LogP contribution in [0.4, 0.5) is 24.7 Å². The van der Waals surface area contributed by atoms with Crippen LogP contribution in [0, 0.1) is 6.92 Å². The van der Waals surface area contributed by atoms with Crippen LogP contribution in [-0.4, -0.2) is 33.1 Å². The number of anilines is 2. The van der Waals surface area contributed by atoms with Gasteiger partial charge < -0.3 is 10.6 Å². The van der Waals surface area contributed by atoms with Gasteiger partial charge in [-0.2, -0.15) is 13.2 Å². The van der Waals surface area contributed by atoms with E-state index in [1.807, 2.05) is 37.3 Å². The van der Waals surface area contributed by atoms with Crippen LogP contribution in [0.15, 0.2) is 67.0 Å². The minimum absolute atomic E-state index is 0.223. The fraction of sp³-hybridized carbons (Fsp3) is 0.125. The number of carbonyl (C=O) groups excluding carboxylic acids is 1. The zero-order valence-corrected chi connectivity index (χ0v) is 18.2. The lowest BCUT2D eigenvalue weighted by molar-refractivity contribution is -0.141. The Kier molecular flexibility index (Phi) is 6.22. The van der Waals surface area contributed by atoms with E-state index in [4.69, 9.17) is 0 Å². The predicted molar refractivity (Wildman–Crippen MR) is 122 cm³/mol. The van der Waals surface area contributed by atoms with E-state index in [2.05, 4.69) is 30.8 Å². The van der Waals surface area contributed by atoms with Crippen molar-refractivity contribution in [2.45, 2.75) is 13.1 Å². The van der Waals surface area contributed by atoms with E-state index in [0.717, 1.165) is 45.9 Å². The van der Waals surface area contributed by atoms with Crippen molar-refractivity contribution < 1.29 is 18.0 Å². The molecule has 0 aliphatic carbocycles. The van der Waals surface area contributed by atoms with E-state index >= 15 is 0 Å². The van der Waals surface area contributed by atoms with Gasteiger partial charge in [0.1, 0.15) is 5.82 Å². The van der Waals surface area contributed by atoms with Gasteiger partial charge in [0.15, 0.2) is 11.4 Å². The molecule has 3 heterocycles. The van der Waals surface area contributed by atoms with Crippen molar-refractivity contribution in [3.8, 4) is 22.4 Å². The number of nitrogens with one attached hydrogen (secondary N) is 2. The SMILES string of the molecule is CNc1cc(-c2cc(-c3cc(NC(=O)c4ccc(C(F)(F)F)nn4)ccc3C)ccn2)ccn1. The molecule has 0 aliphatic heterocycles. The summed E-state index contributed by atoms with van der Waals surface area (Å²) in [6, 6.07) is 14.6. The Hall–Kier alpha value is -4.34. The molecule has 3 aromatic heterocycles. The van der Waals surface area contributed by atoms with Crippen LogP contribution in [0.2, 0.25) is 0 Å². The van der Waals surface area contributed by atoms with Gasteiger partial charge in [0.25, 0.3) is 5.91 Å². The number of pyridine rings is 2. The quantitative estimate of drug-likeness (QED) is 0.421. The Morgan fingerprint density at radius 2 is 1.65 bits per heavy atom. The average Bonchev–Trinajstić information content (AvgIpc) is 2.85. The molecule has 0 fully saturated rings. The van der Waals surface area contributed by atoms with Gasteiger partial charge in [-0.3, -0.25) is 9.78 Å². The van der Waals surface area contributed by atoms with E-state index < -0.39 is 17.8 Å². The van der Waals surface area contributed by atoms with Gasteiger partial charge in [-0.15, -0.1) is 10.2 Å². The molecule has 0 bridgehead atoms. The van der Waals surface area contributed by atoms with Crippen LogP contribution in [0.1, 0.15) is 21.7 Å². The molecule has 7 nitrogen and oxygen atoms in total. The number of halogens is 3. The van der Waals surface area contributed by atoms with Crippen LogP contribution >= 0.6 is 0 Å². The van der Waals surface area contributed by atoms with Crippen LogP contribution in [0.3, 0.4) is 0 Å². The van der Waals surface area contributed by atoms with Crippen LogP contribution < -0.4 is 10.6 Å². The van der Waals surface area contributed by atoms with Crippen LogP contribution in [0.5, 0.6) is 0 Å². The van der Waals surface area contributed by atoms with E-state index in [1.165, 1.54) is 0 Å². The molecule has 0 saturated heterocycles. The van der Waals surface area contributed by atoms with E-state index in [0.29, 0.717) is 5.69 Å². The lowest BCUT2D eigenvalue weighted by Gasteiger charge is -2.12. The fourth-order valence-corrected chi connectivity index (χ4v) is 3.29. The number of carbonyl (C=O) groups is 1. The molecule has 4 aromatic rings. The minimum Gasteiger partial charge on any atom is -0.373 e. The van der Waals surface area contributed by atoms with Crippen molar-refractivity contribution in [1.82, 2.24) is 20.2 Å².